The van der Waals surface area contributed by atoms with Crippen LogP contribution in [-0.4, -0.2) is 45.0 Å². The van der Waals surface area contributed by atoms with E-state index in [-0.39, 0.29) is 0 Å². The van der Waals surface area contributed by atoms with Crippen LogP contribution in [-0.2, 0) is 0 Å². The van der Waals surface area contributed by atoms with Gasteiger partial charge >= 0.3 is 0 Å². The fourth-order valence-corrected chi connectivity index (χ4v) is 4.51. The second-order valence-corrected chi connectivity index (χ2v) is 7.72. The molecular weight excluding hydrogens is 334 g/mol. The van der Waals surface area contributed by atoms with E-state index in [1.807, 2.05) is 24.4 Å². The number of nitrogens with one attached hydrogen (secondary N) is 1. The highest BCUT2D eigenvalue weighted by atomic mass is 15.2. The van der Waals surface area contributed by atoms with E-state index in [0.717, 1.165) is 40.7 Å². The summed E-state index contributed by atoms with van der Waals surface area (Å²) in [5.41, 5.74) is 1.92. The molecule has 5 nitrogen and oxygen atoms in total. The number of likely N-dealkylation sites (tertiary alicyclic amines) is 1. The molecule has 0 radical (unpaired) electrons. The molecule has 27 heavy (non-hydrogen) atoms. The maximum absolute atomic E-state index is 4.88. The van der Waals surface area contributed by atoms with Crippen LogP contribution in [0.15, 0.2) is 48.8 Å². The summed E-state index contributed by atoms with van der Waals surface area (Å²) < 4.78 is 0. The van der Waals surface area contributed by atoms with Crippen LogP contribution < -0.4 is 5.32 Å². The number of pyridine rings is 1. The van der Waals surface area contributed by atoms with Crippen molar-refractivity contribution in [2.75, 3.05) is 18.4 Å². The van der Waals surface area contributed by atoms with E-state index >= 15 is 0 Å². The average Bonchev–Trinajstić information content (AvgIpc) is 3.40. The summed E-state index contributed by atoms with van der Waals surface area (Å²) in [7, 11) is 0. The predicted octanol–water partition coefficient (Wildman–Crippen LogP) is 4.12. The summed E-state index contributed by atoms with van der Waals surface area (Å²) in [6, 6.07) is 13.4. The number of fused-ring (bicyclic) bond motifs is 1. The molecule has 1 N–H and O–H groups in total. The van der Waals surface area contributed by atoms with Crippen molar-refractivity contribution in [3.8, 4) is 11.4 Å². The highest BCUT2D eigenvalue weighted by molar-refractivity contribution is 5.90. The Bertz CT molecular complexity index is 920. The Hall–Kier alpha value is -2.53. The lowest BCUT2D eigenvalue weighted by Gasteiger charge is -2.23. The molecule has 1 atom stereocenters. The van der Waals surface area contributed by atoms with Gasteiger partial charge in [0.2, 0.25) is 0 Å². The van der Waals surface area contributed by atoms with Crippen LogP contribution in [0.25, 0.3) is 22.3 Å². The molecule has 1 saturated heterocycles. The summed E-state index contributed by atoms with van der Waals surface area (Å²) >= 11 is 0. The minimum absolute atomic E-state index is 0.450. The molecule has 0 bridgehead atoms. The quantitative estimate of drug-likeness (QED) is 0.759. The van der Waals surface area contributed by atoms with Gasteiger partial charge in [0.05, 0.1) is 5.52 Å². The Balaban J connectivity index is 1.43. The first-order valence-corrected chi connectivity index (χ1v) is 10.0. The van der Waals surface area contributed by atoms with Crippen LogP contribution in [0.3, 0.4) is 0 Å². The van der Waals surface area contributed by atoms with Crippen LogP contribution in [0.4, 0.5) is 5.82 Å². The van der Waals surface area contributed by atoms with Gasteiger partial charge in [-0.05, 0) is 43.5 Å². The minimum Gasteiger partial charge on any atom is -0.365 e. The van der Waals surface area contributed by atoms with Gasteiger partial charge in [-0.1, -0.05) is 25.0 Å². The van der Waals surface area contributed by atoms with Crippen molar-refractivity contribution < 1.29 is 0 Å². The fraction of sp³-hybridized carbons (Fsp3) is 0.409. The molecule has 2 fully saturated rings. The second kappa shape index (κ2) is 7.24. The largest absolute Gasteiger partial charge is 0.365 e. The zero-order chi connectivity index (χ0) is 18.1. The first-order valence-electron chi connectivity index (χ1n) is 10.0. The van der Waals surface area contributed by atoms with Crippen molar-refractivity contribution in [3.63, 3.8) is 0 Å². The van der Waals surface area contributed by atoms with Crippen molar-refractivity contribution in [2.45, 2.75) is 44.2 Å². The number of aromatic nitrogens is 3. The highest BCUT2D eigenvalue weighted by Crippen LogP contribution is 2.29. The standard InChI is InChI=1S/C22H25N5/c1-2-8-18(7-1)27-13-11-17(15-27)24-22-19-9-3-4-10-20(19)25-21(26-22)16-6-5-12-23-14-16/h3-6,9-10,12,14,17-18H,1-2,7-8,11,13,15H2,(H,24,25,26). The van der Waals surface area contributed by atoms with E-state index in [1.165, 1.54) is 38.6 Å². The van der Waals surface area contributed by atoms with Crippen LogP contribution >= 0.6 is 0 Å². The van der Waals surface area contributed by atoms with E-state index in [0.29, 0.717) is 6.04 Å². The van der Waals surface area contributed by atoms with Crippen molar-refractivity contribution in [2.24, 2.45) is 0 Å². The Morgan fingerprint density at radius 2 is 1.85 bits per heavy atom. The molecule has 2 aliphatic rings. The van der Waals surface area contributed by atoms with Gasteiger partial charge in [0.15, 0.2) is 5.82 Å². The lowest BCUT2D eigenvalue weighted by molar-refractivity contribution is 0.245. The van der Waals surface area contributed by atoms with Crippen molar-refractivity contribution >= 4 is 16.7 Å². The maximum atomic E-state index is 4.88. The number of benzene rings is 1. The molecule has 0 amide bonds. The Morgan fingerprint density at radius 1 is 0.963 bits per heavy atom. The lowest BCUT2D eigenvalue weighted by Crippen LogP contribution is -2.33. The van der Waals surface area contributed by atoms with E-state index < -0.39 is 0 Å². The van der Waals surface area contributed by atoms with Crippen LogP contribution in [0, 0.1) is 0 Å². The molecule has 5 heteroatoms. The summed E-state index contributed by atoms with van der Waals surface area (Å²) in [5, 5.41) is 4.82. The third-order valence-electron chi connectivity index (χ3n) is 5.92. The van der Waals surface area contributed by atoms with E-state index in [2.05, 4.69) is 33.4 Å². The third-order valence-corrected chi connectivity index (χ3v) is 5.92. The predicted molar refractivity (Wildman–Crippen MR) is 109 cm³/mol. The molecule has 2 aromatic heterocycles. The SMILES string of the molecule is c1cncc(-c2nc(NC3CCN(C4CCCC4)C3)c3ccccc3n2)c1. The molecular formula is C22H25N5. The Labute approximate surface area is 159 Å². The Morgan fingerprint density at radius 3 is 2.70 bits per heavy atom. The summed E-state index contributed by atoms with van der Waals surface area (Å²) in [5.74, 6) is 1.67. The van der Waals surface area contributed by atoms with Gasteiger partial charge in [0.1, 0.15) is 5.82 Å². The molecule has 3 aromatic rings. The van der Waals surface area contributed by atoms with Gasteiger partial charge in [-0.25, -0.2) is 9.97 Å². The average molecular weight is 359 g/mol. The molecule has 0 spiro atoms. The van der Waals surface area contributed by atoms with Gasteiger partial charge < -0.3 is 5.32 Å². The third kappa shape index (κ3) is 3.39. The summed E-state index contributed by atoms with van der Waals surface area (Å²) in [6.45, 7) is 2.31. The number of rotatable bonds is 4. The zero-order valence-corrected chi connectivity index (χ0v) is 15.5. The van der Waals surface area contributed by atoms with Gasteiger partial charge in [-0.2, -0.15) is 0 Å². The van der Waals surface area contributed by atoms with Gasteiger partial charge in [-0.15, -0.1) is 0 Å². The number of hydrogen-bond acceptors (Lipinski definition) is 5. The van der Waals surface area contributed by atoms with Crippen LogP contribution in [0.5, 0.6) is 0 Å². The molecule has 1 aliphatic carbocycles. The number of para-hydroxylation sites is 1. The maximum Gasteiger partial charge on any atom is 0.163 e. The lowest BCUT2D eigenvalue weighted by atomic mass is 10.2. The van der Waals surface area contributed by atoms with Crippen molar-refractivity contribution in [1.82, 2.24) is 19.9 Å². The van der Waals surface area contributed by atoms with E-state index in [4.69, 9.17) is 9.97 Å². The molecule has 3 heterocycles. The molecule has 1 aromatic carbocycles. The monoisotopic (exact) mass is 359 g/mol. The van der Waals surface area contributed by atoms with E-state index in [9.17, 15) is 0 Å². The topological polar surface area (TPSA) is 53.9 Å². The molecule has 1 unspecified atom stereocenters. The minimum atomic E-state index is 0.450. The van der Waals surface area contributed by atoms with Crippen molar-refractivity contribution in [1.29, 1.82) is 0 Å². The smallest absolute Gasteiger partial charge is 0.163 e. The first-order chi connectivity index (χ1) is 13.4. The highest BCUT2D eigenvalue weighted by Gasteiger charge is 2.30. The van der Waals surface area contributed by atoms with Gasteiger partial charge in [-0.3, -0.25) is 9.88 Å². The fourth-order valence-electron chi connectivity index (χ4n) is 4.51. The van der Waals surface area contributed by atoms with E-state index in [1.54, 1.807) is 6.20 Å². The number of anilines is 1. The zero-order valence-electron chi connectivity index (χ0n) is 15.5. The Kier molecular flexibility index (Phi) is 4.46. The van der Waals surface area contributed by atoms with Crippen LogP contribution in [0.2, 0.25) is 0 Å². The summed E-state index contributed by atoms with van der Waals surface area (Å²) in [4.78, 5) is 16.5. The van der Waals surface area contributed by atoms with Gasteiger partial charge in [0, 0.05) is 48.5 Å². The first kappa shape index (κ1) is 16.6. The molecule has 1 aliphatic heterocycles. The molecule has 138 valence electrons. The van der Waals surface area contributed by atoms with Gasteiger partial charge in [0.25, 0.3) is 0 Å². The molecule has 1 saturated carbocycles. The number of hydrogen-bond donors (Lipinski definition) is 1. The normalized spacial score (nSPS) is 21.1. The van der Waals surface area contributed by atoms with Crippen molar-refractivity contribution in [3.05, 3.63) is 48.8 Å². The molecule has 5 rings (SSSR count). The number of nitrogens with zero attached hydrogens (tertiary/aromatic N) is 4. The summed E-state index contributed by atoms with van der Waals surface area (Å²) in [6.07, 6.45) is 10.3. The second-order valence-electron chi connectivity index (χ2n) is 7.72. The van der Waals surface area contributed by atoms with Crippen LogP contribution in [0.1, 0.15) is 32.1 Å².